The van der Waals surface area contributed by atoms with Crippen molar-refractivity contribution in [2.24, 2.45) is 0 Å². The number of hydrogen-bond donors (Lipinski definition) is 1. The van der Waals surface area contributed by atoms with Crippen molar-refractivity contribution < 1.29 is 14.6 Å². The number of carbonyl (C=O) groups is 1. The van der Waals surface area contributed by atoms with Gasteiger partial charge in [-0.3, -0.25) is 9.69 Å². The molecule has 1 fully saturated rings. The normalized spacial score (nSPS) is 16.5. The maximum absolute atomic E-state index is 12.0. The van der Waals surface area contributed by atoms with Gasteiger partial charge < -0.3 is 14.7 Å². The minimum Gasteiger partial charge on any atom is -0.497 e. The van der Waals surface area contributed by atoms with E-state index in [0.717, 1.165) is 35.8 Å². The number of carboxylic acid groups (broad SMARTS) is 1. The molecule has 1 aromatic heterocycles. The lowest BCUT2D eigenvalue weighted by Gasteiger charge is -2.38. The average Bonchev–Trinajstić information content (AvgIpc) is 2.64. The highest BCUT2D eigenvalue weighted by molar-refractivity contribution is 5.76. The molecule has 1 unspecified atom stereocenters. The Hall–Kier alpha value is -2.60. The third kappa shape index (κ3) is 3.74. The van der Waals surface area contributed by atoms with Crippen molar-refractivity contribution >= 4 is 11.8 Å². The van der Waals surface area contributed by atoms with Gasteiger partial charge in [0.25, 0.3) is 0 Å². The first-order chi connectivity index (χ1) is 12.1. The van der Waals surface area contributed by atoms with Crippen molar-refractivity contribution in [3.05, 3.63) is 53.7 Å². The molecular formula is C19H23N3O3. The number of carboxylic acids is 1. The second kappa shape index (κ2) is 7.53. The predicted molar refractivity (Wildman–Crippen MR) is 96.1 cm³/mol. The van der Waals surface area contributed by atoms with Crippen LogP contribution in [0.1, 0.15) is 17.2 Å². The number of rotatable bonds is 5. The second-order valence-corrected chi connectivity index (χ2v) is 6.17. The number of pyridine rings is 1. The molecule has 1 aliphatic heterocycles. The lowest BCUT2D eigenvalue weighted by molar-refractivity contribution is -0.143. The number of benzene rings is 1. The van der Waals surface area contributed by atoms with Crippen LogP contribution >= 0.6 is 0 Å². The minimum absolute atomic E-state index is 0.642. The molecule has 0 saturated carbocycles. The first kappa shape index (κ1) is 17.2. The van der Waals surface area contributed by atoms with Crippen LogP contribution in [0.25, 0.3) is 0 Å². The molecule has 3 rings (SSSR count). The molecule has 1 N–H and O–H groups in total. The summed E-state index contributed by atoms with van der Waals surface area (Å²) in [6, 6.07) is 10.8. The highest BCUT2D eigenvalue weighted by Crippen LogP contribution is 2.28. The topological polar surface area (TPSA) is 65.9 Å². The molecule has 0 amide bonds. The Bertz CT molecular complexity index is 728. The number of methoxy groups -OCH3 is 1. The maximum atomic E-state index is 12.0. The number of aryl methyl sites for hydroxylation is 1. The molecule has 1 atom stereocenters. The van der Waals surface area contributed by atoms with Crippen LogP contribution in [0.4, 0.5) is 5.82 Å². The Morgan fingerprint density at radius 1 is 1.20 bits per heavy atom. The molecule has 1 aromatic carbocycles. The molecule has 6 nitrogen and oxygen atoms in total. The van der Waals surface area contributed by atoms with Gasteiger partial charge in [-0.2, -0.15) is 0 Å². The summed E-state index contributed by atoms with van der Waals surface area (Å²) in [5, 5.41) is 9.81. The van der Waals surface area contributed by atoms with E-state index in [1.807, 2.05) is 48.2 Å². The van der Waals surface area contributed by atoms with Gasteiger partial charge in [0.05, 0.1) is 7.11 Å². The van der Waals surface area contributed by atoms with Crippen LogP contribution < -0.4 is 9.64 Å². The van der Waals surface area contributed by atoms with E-state index < -0.39 is 12.0 Å². The Morgan fingerprint density at radius 2 is 1.96 bits per heavy atom. The van der Waals surface area contributed by atoms with Crippen LogP contribution in [0, 0.1) is 6.92 Å². The van der Waals surface area contributed by atoms with Crippen molar-refractivity contribution in [3.8, 4) is 5.75 Å². The fraction of sp³-hybridized carbons (Fsp3) is 0.368. The van der Waals surface area contributed by atoms with Crippen LogP contribution in [0.5, 0.6) is 5.75 Å². The van der Waals surface area contributed by atoms with Crippen LogP contribution in [-0.2, 0) is 4.79 Å². The lowest BCUT2D eigenvalue weighted by atomic mass is 9.99. The number of aromatic nitrogens is 1. The summed E-state index contributed by atoms with van der Waals surface area (Å²) in [5.41, 5.74) is 1.75. The van der Waals surface area contributed by atoms with E-state index in [-0.39, 0.29) is 0 Å². The van der Waals surface area contributed by atoms with Crippen molar-refractivity contribution in [2.45, 2.75) is 13.0 Å². The van der Waals surface area contributed by atoms with Crippen LogP contribution in [0.2, 0.25) is 0 Å². The summed E-state index contributed by atoms with van der Waals surface area (Å²) in [5.74, 6) is 0.861. The highest BCUT2D eigenvalue weighted by atomic mass is 16.5. The van der Waals surface area contributed by atoms with Crippen molar-refractivity contribution in [1.29, 1.82) is 0 Å². The monoisotopic (exact) mass is 341 g/mol. The fourth-order valence-corrected chi connectivity index (χ4v) is 3.32. The lowest BCUT2D eigenvalue weighted by Crippen LogP contribution is -2.49. The SMILES string of the molecule is COc1ccc(C(C(=O)O)N2CCN(c3ccccn3)CC2)c(C)c1. The first-order valence-corrected chi connectivity index (χ1v) is 8.37. The zero-order valence-electron chi connectivity index (χ0n) is 14.6. The molecule has 2 aromatic rings. The first-order valence-electron chi connectivity index (χ1n) is 8.37. The molecule has 0 aliphatic carbocycles. The van der Waals surface area contributed by atoms with E-state index in [0.29, 0.717) is 13.1 Å². The molecule has 6 heteroatoms. The Morgan fingerprint density at radius 3 is 2.52 bits per heavy atom. The van der Waals surface area contributed by atoms with Crippen LogP contribution in [0.3, 0.4) is 0 Å². The van der Waals surface area contributed by atoms with Crippen molar-refractivity contribution in [2.75, 3.05) is 38.2 Å². The quantitative estimate of drug-likeness (QED) is 0.900. The van der Waals surface area contributed by atoms with Gasteiger partial charge >= 0.3 is 5.97 Å². The van der Waals surface area contributed by atoms with Gasteiger partial charge in [0, 0.05) is 32.4 Å². The molecular weight excluding hydrogens is 318 g/mol. The number of hydrogen-bond acceptors (Lipinski definition) is 5. The number of anilines is 1. The second-order valence-electron chi connectivity index (χ2n) is 6.17. The largest absolute Gasteiger partial charge is 0.497 e. The van der Waals surface area contributed by atoms with Gasteiger partial charge in [-0.15, -0.1) is 0 Å². The van der Waals surface area contributed by atoms with Gasteiger partial charge in [-0.05, 0) is 42.3 Å². The van der Waals surface area contributed by atoms with Gasteiger partial charge in [-0.25, -0.2) is 4.98 Å². The molecule has 0 bridgehead atoms. The van der Waals surface area contributed by atoms with E-state index in [2.05, 4.69) is 9.88 Å². The zero-order valence-corrected chi connectivity index (χ0v) is 14.6. The highest BCUT2D eigenvalue weighted by Gasteiger charge is 2.31. The summed E-state index contributed by atoms with van der Waals surface area (Å²) < 4.78 is 5.22. The van der Waals surface area contributed by atoms with E-state index >= 15 is 0 Å². The predicted octanol–water partition coefficient (Wildman–Crippen LogP) is 2.35. The van der Waals surface area contributed by atoms with E-state index in [1.165, 1.54) is 0 Å². The summed E-state index contributed by atoms with van der Waals surface area (Å²) in [6.07, 6.45) is 1.78. The van der Waals surface area contributed by atoms with E-state index in [1.54, 1.807) is 13.3 Å². The molecule has 1 aliphatic rings. The van der Waals surface area contributed by atoms with Crippen molar-refractivity contribution in [3.63, 3.8) is 0 Å². The smallest absolute Gasteiger partial charge is 0.325 e. The number of ether oxygens (including phenoxy) is 1. The van der Waals surface area contributed by atoms with Crippen molar-refractivity contribution in [1.82, 2.24) is 9.88 Å². The number of aliphatic carboxylic acids is 1. The summed E-state index contributed by atoms with van der Waals surface area (Å²) in [6.45, 7) is 4.81. The summed E-state index contributed by atoms with van der Waals surface area (Å²) in [4.78, 5) is 20.5. The third-order valence-electron chi connectivity index (χ3n) is 4.66. The maximum Gasteiger partial charge on any atom is 0.325 e. The van der Waals surface area contributed by atoms with E-state index in [9.17, 15) is 9.90 Å². The van der Waals surface area contributed by atoms with Gasteiger partial charge in [-0.1, -0.05) is 12.1 Å². The summed E-state index contributed by atoms with van der Waals surface area (Å²) >= 11 is 0. The Balaban J connectivity index is 1.76. The molecule has 2 heterocycles. The molecule has 0 spiro atoms. The number of nitrogens with zero attached hydrogens (tertiary/aromatic N) is 3. The van der Waals surface area contributed by atoms with E-state index in [4.69, 9.17) is 4.74 Å². The number of piperazine rings is 1. The standard InChI is InChI=1S/C19H23N3O3/c1-14-13-15(25-2)6-7-16(14)18(19(23)24)22-11-9-21(10-12-22)17-5-3-4-8-20-17/h3-8,13,18H,9-12H2,1-2H3,(H,23,24). The third-order valence-corrected chi connectivity index (χ3v) is 4.66. The molecule has 132 valence electrons. The molecule has 25 heavy (non-hydrogen) atoms. The Labute approximate surface area is 147 Å². The zero-order chi connectivity index (χ0) is 17.8. The van der Waals surface area contributed by atoms with Crippen LogP contribution in [-0.4, -0.2) is 54.2 Å². The average molecular weight is 341 g/mol. The fourth-order valence-electron chi connectivity index (χ4n) is 3.32. The Kier molecular flexibility index (Phi) is 5.19. The minimum atomic E-state index is -0.820. The molecule has 1 saturated heterocycles. The van der Waals surface area contributed by atoms with Gasteiger partial charge in [0.15, 0.2) is 0 Å². The van der Waals surface area contributed by atoms with Gasteiger partial charge in [0.1, 0.15) is 17.6 Å². The molecule has 0 radical (unpaired) electrons. The summed E-state index contributed by atoms with van der Waals surface area (Å²) in [7, 11) is 1.61. The van der Waals surface area contributed by atoms with Crippen LogP contribution in [0.15, 0.2) is 42.6 Å². The van der Waals surface area contributed by atoms with Gasteiger partial charge in [0.2, 0.25) is 0 Å².